The number of anilines is 2. The van der Waals surface area contributed by atoms with Gasteiger partial charge in [-0.15, -0.1) is 0 Å². The van der Waals surface area contributed by atoms with Gasteiger partial charge in [-0.25, -0.2) is 4.79 Å². The van der Waals surface area contributed by atoms with Gasteiger partial charge in [-0.05, 0) is 67.4 Å². The van der Waals surface area contributed by atoms with Crippen molar-refractivity contribution < 1.29 is 23.5 Å². The number of nitrogen functional groups attached to an aromatic ring is 1. The van der Waals surface area contributed by atoms with E-state index in [-0.39, 0.29) is 30.9 Å². The monoisotopic (exact) mass is 540 g/mol. The second-order valence-electron chi connectivity index (χ2n) is 9.56. The van der Waals surface area contributed by atoms with Crippen molar-refractivity contribution in [3.8, 4) is 11.3 Å². The molecule has 0 fully saturated rings. The molecule has 1 atom stereocenters. The van der Waals surface area contributed by atoms with Crippen molar-refractivity contribution in [3.63, 3.8) is 0 Å². The Labute approximate surface area is 232 Å². The van der Waals surface area contributed by atoms with Gasteiger partial charge in [0.05, 0.1) is 17.6 Å². The number of nitrogens with one attached hydrogen (secondary N) is 3. The van der Waals surface area contributed by atoms with E-state index in [1.165, 1.54) is 0 Å². The summed E-state index contributed by atoms with van der Waals surface area (Å²) >= 11 is 0. The standard InChI is InChI=1S/C31H32N4O5/c1-20(2)33-30(37)27(35-31(38)40-19-22-7-4-3-5-8-22)17-21-10-12-23(13-11-21)29(36)34-26-18-24(14-15-25(26)32)28-9-6-16-39-28/h3-16,18,20,27H,17,19,32H2,1-2H3,(H,33,37)(H,34,36)(H,35,38)/t27-/m0/s1. The molecule has 0 bridgehead atoms. The normalized spacial score (nSPS) is 11.5. The Morgan fingerprint density at radius 2 is 1.62 bits per heavy atom. The summed E-state index contributed by atoms with van der Waals surface area (Å²) in [5, 5.41) is 8.33. The van der Waals surface area contributed by atoms with E-state index in [4.69, 9.17) is 14.9 Å². The number of nitrogens with two attached hydrogens (primary N) is 1. The summed E-state index contributed by atoms with van der Waals surface area (Å²) in [6, 6.07) is 24.0. The molecule has 1 heterocycles. The van der Waals surface area contributed by atoms with Crippen LogP contribution >= 0.6 is 0 Å². The summed E-state index contributed by atoms with van der Waals surface area (Å²) in [5.41, 5.74) is 9.74. The van der Waals surface area contributed by atoms with E-state index >= 15 is 0 Å². The summed E-state index contributed by atoms with van der Waals surface area (Å²) in [4.78, 5) is 38.2. The Morgan fingerprint density at radius 3 is 2.30 bits per heavy atom. The summed E-state index contributed by atoms with van der Waals surface area (Å²) in [7, 11) is 0. The number of carbonyl (C=O) groups excluding carboxylic acids is 3. The molecule has 9 nitrogen and oxygen atoms in total. The van der Waals surface area contributed by atoms with Crippen LogP contribution in [0.25, 0.3) is 11.3 Å². The van der Waals surface area contributed by atoms with Crippen LogP contribution in [-0.2, 0) is 22.6 Å². The number of alkyl carbamates (subject to hydrolysis) is 1. The third-order valence-electron chi connectivity index (χ3n) is 6.02. The average Bonchev–Trinajstić information content (AvgIpc) is 3.48. The van der Waals surface area contributed by atoms with Crippen molar-refractivity contribution in [2.24, 2.45) is 0 Å². The smallest absolute Gasteiger partial charge is 0.408 e. The molecule has 40 heavy (non-hydrogen) atoms. The second-order valence-corrected chi connectivity index (χ2v) is 9.56. The number of furan rings is 1. The minimum atomic E-state index is -0.866. The zero-order chi connectivity index (χ0) is 28.5. The molecule has 0 aliphatic carbocycles. The minimum absolute atomic E-state index is 0.0872. The van der Waals surface area contributed by atoms with Crippen molar-refractivity contribution in [2.45, 2.75) is 39.0 Å². The number of hydrogen-bond acceptors (Lipinski definition) is 6. The molecule has 9 heteroatoms. The van der Waals surface area contributed by atoms with Gasteiger partial charge in [0.2, 0.25) is 5.91 Å². The first-order valence-corrected chi connectivity index (χ1v) is 12.9. The summed E-state index contributed by atoms with van der Waals surface area (Å²) < 4.78 is 10.7. The van der Waals surface area contributed by atoms with Crippen LogP contribution in [0.5, 0.6) is 0 Å². The molecule has 0 spiro atoms. The SMILES string of the molecule is CC(C)NC(=O)[C@H](Cc1ccc(C(=O)Nc2cc(-c3ccco3)ccc2N)cc1)NC(=O)OCc1ccccc1. The molecular formula is C31H32N4O5. The highest BCUT2D eigenvalue weighted by Crippen LogP contribution is 2.28. The van der Waals surface area contributed by atoms with Gasteiger partial charge in [0.15, 0.2) is 0 Å². The highest BCUT2D eigenvalue weighted by molar-refractivity contribution is 6.06. The topological polar surface area (TPSA) is 136 Å². The van der Waals surface area contributed by atoms with E-state index in [1.54, 1.807) is 48.7 Å². The van der Waals surface area contributed by atoms with Crippen LogP contribution in [0.15, 0.2) is 95.6 Å². The van der Waals surface area contributed by atoms with E-state index in [2.05, 4.69) is 16.0 Å². The number of hydrogen-bond donors (Lipinski definition) is 4. The maximum atomic E-state index is 12.9. The highest BCUT2D eigenvalue weighted by Gasteiger charge is 2.23. The summed E-state index contributed by atoms with van der Waals surface area (Å²) in [6.07, 6.45) is 1.09. The van der Waals surface area contributed by atoms with Gasteiger partial charge >= 0.3 is 6.09 Å². The lowest BCUT2D eigenvalue weighted by Gasteiger charge is -2.20. The van der Waals surface area contributed by atoms with Gasteiger partial charge in [-0.1, -0.05) is 42.5 Å². The Kier molecular flexibility index (Phi) is 9.19. The molecule has 0 radical (unpaired) electrons. The maximum Gasteiger partial charge on any atom is 0.408 e. The number of benzene rings is 3. The van der Waals surface area contributed by atoms with Crippen molar-refractivity contribution in [2.75, 3.05) is 11.1 Å². The Hall–Kier alpha value is -5.05. The third-order valence-corrected chi connectivity index (χ3v) is 6.02. The fraction of sp³-hybridized carbons (Fsp3) is 0.194. The zero-order valence-corrected chi connectivity index (χ0v) is 22.3. The van der Waals surface area contributed by atoms with Crippen molar-refractivity contribution >= 4 is 29.3 Å². The molecule has 3 amide bonds. The van der Waals surface area contributed by atoms with E-state index in [0.717, 1.165) is 16.7 Å². The van der Waals surface area contributed by atoms with Crippen LogP contribution in [0.4, 0.5) is 16.2 Å². The van der Waals surface area contributed by atoms with Crippen LogP contribution in [0, 0.1) is 0 Å². The Balaban J connectivity index is 1.40. The van der Waals surface area contributed by atoms with Crippen LogP contribution in [0.1, 0.15) is 35.3 Å². The largest absolute Gasteiger partial charge is 0.464 e. The van der Waals surface area contributed by atoms with E-state index in [1.807, 2.05) is 56.3 Å². The third kappa shape index (κ3) is 7.73. The fourth-order valence-electron chi connectivity index (χ4n) is 3.98. The van der Waals surface area contributed by atoms with Gasteiger partial charge < -0.3 is 30.8 Å². The molecule has 4 aromatic rings. The fourth-order valence-corrected chi connectivity index (χ4v) is 3.98. The first kappa shape index (κ1) is 28.0. The van der Waals surface area contributed by atoms with Gasteiger partial charge in [0, 0.05) is 23.6 Å². The molecule has 0 aliphatic heterocycles. The summed E-state index contributed by atoms with van der Waals surface area (Å²) in [5.74, 6) is -0.0135. The quantitative estimate of drug-likeness (QED) is 0.206. The number of amides is 3. The highest BCUT2D eigenvalue weighted by atomic mass is 16.5. The van der Waals surface area contributed by atoms with E-state index < -0.39 is 12.1 Å². The van der Waals surface area contributed by atoms with Crippen molar-refractivity contribution in [3.05, 3.63) is 108 Å². The first-order valence-electron chi connectivity index (χ1n) is 12.9. The number of rotatable bonds is 10. The predicted octanol–water partition coefficient (Wildman–Crippen LogP) is 5.14. The molecular weight excluding hydrogens is 508 g/mol. The molecule has 4 rings (SSSR count). The molecule has 1 aromatic heterocycles. The lowest BCUT2D eigenvalue weighted by molar-refractivity contribution is -0.123. The van der Waals surface area contributed by atoms with E-state index in [9.17, 15) is 14.4 Å². The van der Waals surface area contributed by atoms with Crippen LogP contribution in [0.2, 0.25) is 0 Å². The maximum absolute atomic E-state index is 12.9. The first-order chi connectivity index (χ1) is 19.3. The molecule has 206 valence electrons. The predicted molar refractivity (Wildman–Crippen MR) is 153 cm³/mol. The lowest BCUT2D eigenvalue weighted by Crippen LogP contribution is -2.49. The molecule has 0 aliphatic rings. The van der Waals surface area contributed by atoms with Gasteiger partial charge in [0.25, 0.3) is 5.91 Å². The zero-order valence-electron chi connectivity index (χ0n) is 22.3. The van der Waals surface area contributed by atoms with Crippen LogP contribution in [0.3, 0.4) is 0 Å². The Morgan fingerprint density at radius 1 is 0.875 bits per heavy atom. The molecule has 3 aromatic carbocycles. The van der Waals surface area contributed by atoms with Gasteiger partial charge in [-0.2, -0.15) is 0 Å². The Bertz CT molecular complexity index is 1430. The molecule has 0 unspecified atom stereocenters. The number of carbonyl (C=O) groups is 3. The van der Waals surface area contributed by atoms with Crippen molar-refractivity contribution in [1.29, 1.82) is 0 Å². The molecule has 5 N–H and O–H groups in total. The lowest BCUT2D eigenvalue weighted by atomic mass is 10.0. The van der Waals surface area contributed by atoms with Crippen LogP contribution < -0.4 is 21.7 Å². The average molecular weight is 541 g/mol. The van der Waals surface area contributed by atoms with Crippen molar-refractivity contribution in [1.82, 2.24) is 10.6 Å². The van der Waals surface area contributed by atoms with Gasteiger partial charge in [0.1, 0.15) is 18.4 Å². The molecule has 0 saturated carbocycles. The van der Waals surface area contributed by atoms with Gasteiger partial charge in [-0.3, -0.25) is 9.59 Å². The molecule has 0 saturated heterocycles. The van der Waals surface area contributed by atoms with E-state index in [0.29, 0.717) is 22.7 Å². The minimum Gasteiger partial charge on any atom is -0.464 e. The second kappa shape index (κ2) is 13.1. The van der Waals surface area contributed by atoms with Crippen LogP contribution in [-0.4, -0.2) is 30.0 Å². The summed E-state index contributed by atoms with van der Waals surface area (Å²) in [6.45, 7) is 3.77. The number of ether oxygens (including phenoxy) is 1.